The summed E-state index contributed by atoms with van der Waals surface area (Å²) in [5, 5.41) is 0. The van der Waals surface area contributed by atoms with Crippen molar-refractivity contribution in [1.29, 1.82) is 0 Å². The van der Waals surface area contributed by atoms with Gasteiger partial charge in [-0.15, -0.1) is 0 Å². The molecule has 0 spiro atoms. The molecule has 5 nitrogen and oxygen atoms in total. The number of nitrogens with two attached hydrogens (primary N) is 1. The van der Waals surface area contributed by atoms with Crippen molar-refractivity contribution in [2.75, 3.05) is 39.3 Å². The molecule has 8 heteroatoms. The molecule has 0 aromatic carbocycles. The summed E-state index contributed by atoms with van der Waals surface area (Å²) in [6, 6.07) is -1.64. The van der Waals surface area contributed by atoms with Crippen molar-refractivity contribution in [2.24, 2.45) is 5.73 Å². The Morgan fingerprint density at radius 2 is 1.89 bits per heavy atom. The van der Waals surface area contributed by atoms with Gasteiger partial charge in [0.15, 0.2) is 0 Å². The summed E-state index contributed by atoms with van der Waals surface area (Å²) in [4.78, 5) is 14.0. The Kier molecular flexibility index (Phi) is 5.21. The van der Waals surface area contributed by atoms with Gasteiger partial charge >= 0.3 is 12.3 Å². The van der Waals surface area contributed by atoms with E-state index in [2.05, 4.69) is 0 Å². The van der Waals surface area contributed by atoms with Crippen molar-refractivity contribution >= 4 is 6.09 Å². The van der Waals surface area contributed by atoms with E-state index in [-0.39, 0.29) is 32.8 Å². The fourth-order valence-electron chi connectivity index (χ4n) is 1.92. The number of carbonyl (C=O) groups is 1. The van der Waals surface area contributed by atoms with Crippen LogP contribution < -0.4 is 5.73 Å². The highest BCUT2D eigenvalue weighted by molar-refractivity contribution is 5.67. The maximum Gasteiger partial charge on any atom is 0.409 e. The summed E-state index contributed by atoms with van der Waals surface area (Å²) in [5.41, 5.74) is 5.16. The van der Waals surface area contributed by atoms with Crippen LogP contribution in [-0.2, 0) is 4.74 Å². The number of nitrogens with zero attached hydrogens (tertiary/aromatic N) is 2. The molecule has 0 aromatic heterocycles. The smallest absolute Gasteiger partial charge is 0.409 e. The van der Waals surface area contributed by atoms with E-state index in [9.17, 15) is 18.0 Å². The van der Waals surface area contributed by atoms with Gasteiger partial charge in [0.2, 0.25) is 0 Å². The number of halogens is 3. The fraction of sp³-hybridized carbons (Fsp3) is 0.900. The molecule has 1 fully saturated rings. The molecule has 0 radical (unpaired) electrons. The van der Waals surface area contributed by atoms with Crippen LogP contribution in [0.5, 0.6) is 0 Å². The lowest BCUT2D eigenvalue weighted by Crippen LogP contribution is -2.58. The van der Waals surface area contributed by atoms with E-state index in [1.165, 1.54) is 9.80 Å². The first-order chi connectivity index (χ1) is 8.40. The topological polar surface area (TPSA) is 58.8 Å². The minimum absolute atomic E-state index is 0.153. The third-order valence-corrected chi connectivity index (χ3v) is 2.88. The van der Waals surface area contributed by atoms with E-state index in [0.717, 1.165) is 0 Å². The molecule has 1 rings (SSSR count). The zero-order valence-electron chi connectivity index (χ0n) is 10.2. The van der Waals surface area contributed by atoms with Gasteiger partial charge in [0.25, 0.3) is 0 Å². The zero-order valence-corrected chi connectivity index (χ0v) is 10.2. The van der Waals surface area contributed by atoms with Crippen molar-refractivity contribution in [3.05, 3.63) is 0 Å². The fourth-order valence-corrected chi connectivity index (χ4v) is 1.92. The molecule has 0 aliphatic carbocycles. The van der Waals surface area contributed by atoms with Gasteiger partial charge in [-0.25, -0.2) is 4.79 Å². The van der Waals surface area contributed by atoms with Crippen molar-refractivity contribution < 1.29 is 22.7 Å². The molecular weight excluding hydrogens is 251 g/mol. The predicted molar refractivity (Wildman–Crippen MR) is 59.1 cm³/mol. The lowest BCUT2D eigenvalue weighted by Gasteiger charge is -2.38. The quantitative estimate of drug-likeness (QED) is 0.817. The van der Waals surface area contributed by atoms with Gasteiger partial charge in [0.05, 0.1) is 6.61 Å². The molecule has 106 valence electrons. The highest BCUT2D eigenvalue weighted by Gasteiger charge is 2.43. The molecule has 0 saturated carbocycles. The van der Waals surface area contributed by atoms with Crippen LogP contribution in [-0.4, -0.2) is 67.4 Å². The summed E-state index contributed by atoms with van der Waals surface area (Å²) < 4.78 is 42.8. The van der Waals surface area contributed by atoms with E-state index in [1.807, 2.05) is 0 Å². The van der Waals surface area contributed by atoms with Gasteiger partial charge in [-0.3, -0.25) is 4.90 Å². The van der Waals surface area contributed by atoms with Gasteiger partial charge in [0, 0.05) is 32.7 Å². The number of rotatable bonds is 3. The molecule has 2 N–H and O–H groups in total. The van der Waals surface area contributed by atoms with Crippen LogP contribution in [0.25, 0.3) is 0 Å². The second-order valence-electron chi connectivity index (χ2n) is 4.02. The maximum atomic E-state index is 12.7. The summed E-state index contributed by atoms with van der Waals surface area (Å²) in [6.45, 7) is 2.23. The number of amides is 1. The first-order valence-electron chi connectivity index (χ1n) is 5.82. The highest BCUT2D eigenvalue weighted by atomic mass is 19.4. The molecular formula is C10H18F3N3O2. The third kappa shape index (κ3) is 3.74. The van der Waals surface area contributed by atoms with Crippen LogP contribution >= 0.6 is 0 Å². The van der Waals surface area contributed by atoms with E-state index >= 15 is 0 Å². The molecule has 18 heavy (non-hydrogen) atoms. The summed E-state index contributed by atoms with van der Waals surface area (Å²) in [5.74, 6) is 0. The van der Waals surface area contributed by atoms with Crippen LogP contribution in [0.1, 0.15) is 6.92 Å². The third-order valence-electron chi connectivity index (χ3n) is 2.88. The number of hydrogen-bond donors (Lipinski definition) is 1. The number of carbonyl (C=O) groups excluding carboxylic acids is 1. The van der Waals surface area contributed by atoms with Crippen LogP contribution in [0.4, 0.5) is 18.0 Å². The average molecular weight is 269 g/mol. The Hall–Kier alpha value is -1.02. The first kappa shape index (κ1) is 15.0. The zero-order chi connectivity index (χ0) is 13.8. The second-order valence-corrected chi connectivity index (χ2v) is 4.02. The van der Waals surface area contributed by atoms with Crippen LogP contribution in [0.3, 0.4) is 0 Å². The van der Waals surface area contributed by atoms with E-state index in [4.69, 9.17) is 10.5 Å². The number of hydrogen-bond acceptors (Lipinski definition) is 4. The van der Waals surface area contributed by atoms with Crippen LogP contribution in [0, 0.1) is 0 Å². The van der Waals surface area contributed by atoms with Gasteiger partial charge in [0.1, 0.15) is 6.04 Å². The molecule has 1 aliphatic heterocycles. The van der Waals surface area contributed by atoms with Gasteiger partial charge in [-0.05, 0) is 6.92 Å². The molecule has 1 saturated heterocycles. The van der Waals surface area contributed by atoms with Crippen molar-refractivity contribution in [3.63, 3.8) is 0 Å². The van der Waals surface area contributed by atoms with E-state index in [1.54, 1.807) is 6.92 Å². The second kappa shape index (κ2) is 6.24. The van der Waals surface area contributed by atoms with E-state index < -0.39 is 24.9 Å². The Bertz CT molecular complexity index is 278. The van der Waals surface area contributed by atoms with Crippen LogP contribution in [0.2, 0.25) is 0 Å². The summed E-state index contributed by atoms with van der Waals surface area (Å²) in [7, 11) is 0. The minimum atomic E-state index is -4.33. The molecule has 0 aromatic rings. The molecule has 1 aliphatic rings. The Morgan fingerprint density at radius 3 is 2.28 bits per heavy atom. The molecule has 1 heterocycles. The van der Waals surface area contributed by atoms with Crippen molar-refractivity contribution in [2.45, 2.75) is 19.1 Å². The predicted octanol–water partition coefficient (Wildman–Crippen LogP) is 0.650. The van der Waals surface area contributed by atoms with E-state index in [0.29, 0.717) is 0 Å². The summed E-state index contributed by atoms with van der Waals surface area (Å²) in [6.07, 6.45) is -4.81. The monoisotopic (exact) mass is 269 g/mol. The SMILES string of the molecule is CCOC(=O)N1CCN(C(CN)C(F)(F)F)CC1. The van der Waals surface area contributed by atoms with Crippen LogP contribution in [0.15, 0.2) is 0 Å². The largest absolute Gasteiger partial charge is 0.450 e. The normalized spacial score (nSPS) is 19.7. The number of ether oxygens (including phenoxy) is 1. The summed E-state index contributed by atoms with van der Waals surface area (Å²) >= 11 is 0. The van der Waals surface area contributed by atoms with Gasteiger partial charge < -0.3 is 15.4 Å². The minimum Gasteiger partial charge on any atom is -0.450 e. The number of piperazine rings is 1. The molecule has 1 amide bonds. The Morgan fingerprint density at radius 1 is 1.33 bits per heavy atom. The standard InChI is InChI=1S/C10H18F3N3O2/c1-2-18-9(17)16-5-3-15(4-6-16)8(7-14)10(11,12)13/h8H,2-7,14H2,1H3. The lowest BCUT2D eigenvalue weighted by molar-refractivity contribution is -0.184. The Labute approximate surface area is 104 Å². The van der Waals surface area contributed by atoms with Crippen molar-refractivity contribution in [3.8, 4) is 0 Å². The van der Waals surface area contributed by atoms with Gasteiger partial charge in [-0.2, -0.15) is 13.2 Å². The molecule has 0 bridgehead atoms. The average Bonchev–Trinajstić information content (AvgIpc) is 2.29. The van der Waals surface area contributed by atoms with Crippen molar-refractivity contribution in [1.82, 2.24) is 9.80 Å². The Balaban J connectivity index is 2.50. The maximum absolute atomic E-state index is 12.7. The first-order valence-corrected chi connectivity index (χ1v) is 5.82. The molecule has 1 unspecified atom stereocenters. The van der Waals surface area contributed by atoms with Gasteiger partial charge in [-0.1, -0.05) is 0 Å². The lowest BCUT2D eigenvalue weighted by atomic mass is 10.2. The highest BCUT2D eigenvalue weighted by Crippen LogP contribution is 2.25. The number of alkyl halides is 3. The molecule has 1 atom stereocenters.